The fourth-order valence-corrected chi connectivity index (χ4v) is 2.40. The SMILES string of the molecule is CC1CCC(C(=O)Nc2ccc(Br)c(C(=O)O)c2)O1. The Morgan fingerprint density at radius 2 is 2.16 bits per heavy atom. The molecule has 102 valence electrons. The van der Waals surface area contributed by atoms with E-state index in [-0.39, 0.29) is 17.6 Å². The average molecular weight is 328 g/mol. The number of halogens is 1. The highest BCUT2D eigenvalue weighted by atomic mass is 79.9. The van der Waals surface area contributed by atoms with Crippen LogP contribution in [0.25, 0.3) is 0 Å². The molecule has 0 saturated carbocycles. The van der Waals surface area contributed by atoms with E-state index in [9.17, 15) is 9.59 Å². The summed E-state index contributed by atoms with van der Waals surface area (Å²) in [5, 5.41) is 11.7. The van der Waals surface area contributed by atoms with Gasteiger partial charge in [-0.2, -0.15) is 0 Å². The van der Waals surface area contributed by atoms with Crippen LogP contribution in [0.1, 0.15) is 30.1 Å². The predicted octanol–water partition coefficient (Wildman–Crippen LogP) is 2.65. The van der Waals surface area contributed by atoms with Gasteiger partial charge in [-0.15, -0.1) is 0 Å². The molecule has 1 saturated heterocycles. The largest absolute Gasteiger partial charge is 0.478 e. The molecule has 1 aromatic rings. The fraction of sp³-hybridized carbons (Fsp3) is 0.385. The van der Waals surface area contributed by atoms with Crippen LogP contribution in [0.4, 0.5) is 5.69 Å². The van der Waals surface area contributed by atoms with E-state index in [0.29, 0.717) is 16.6 Å². The minimum Gasteiger partial charge on any atom is -0.478 e. The van der Waals surface area contributed by atoms with Crippen LogP contribution in [0.5, 0.6) is 0 Å². The van der Waals surface area contributed by atoms with Gasteiger partial charge in [-0.3, -0.25) is 4.79 Å². The second kappa shape index (κ2) is 5.71. The maximum Gasteiger partial charge on any atom is 0.336 e. The maximum atomic E-state index is 11.9. The Labute approximate surface area is 119 Å². The number of amides is 1. The van der Waals surface area contributed by atoms with E-state index in [2.05, 4.69) is 21.2 Å². The molecule has 5 nitrogen and oxygen atoms in total. The third-order valence-corrected chi connectivity index (χ3v) is 3.68. The van der Waals surface area contributed by atoms with Gasteiger partial charge in [0.05, 0.1) is 11.7 Å². The third-order valence-electron chi connectivity index (χ3n) is 2.99. The highest BCUT2D eigenvalue weighted by Gasteiger charge is 2.28. The minimum absolute atomic E-state index is 0.0928. The quantitative estimate of drug-likeness (QED) is 0.894. The number of hydrogen-bond donors (Lipinski definition) is 2. The van der Waals surface area contributed by atoms with Crippen molar-refractivity contribution < 1.29 is 19.4 Å². The normalized spacial score (nSPS) is 22.2. The zero-order valence-electron chi connectivity index (χ0n) is 10.4. The van der Waals surface area contributed by atoms with Crippen molar-refractivity contribution in [1.82, 2.24) is 0 Å². The smallest absolute Gasteiger partial charge is 0.336 e. The summed E-state index contributed by atoms with van der Waals surface area (Å²) in [4.78, 5) is 22.9. The minimum atomic E-state index is -1.05. The Morgan fingerprint density at radius 1 is 1.42 bits per heavy atom. The van der Waals surface area contributed by atoms with Gasteiger partial charge in [0.25, 0.3) is 5.91 Å². The number of carboxylic acids is 1. The van der Waals surface area contributed by atoms with E-state index >= 15 is 0 Å². The number of rotatable bonds is 3. The molecule has 0 bridgehead atoms. The number of nitrogens with one attached hydrogen (secondary N) is 1. The van der Waals surface area contributed by atoms with Crippen molar-refractivity contribution in [3.05, 3.63) is 28.2 Å². The van der Waals surface area contributed by atoms with Gasteiger partial charge in [0.15, 0.2) is 0 Å². The Bertz CT molecular complexity index is 517. The van der Waals surface area contributed by atoms with Gasteiger partial charge in [-0.1, -0.05) is 0 Å². The van der Waals surface area contributed by atoms with Crippen molar-refractivity contribution in [3.8, 4) is 0 Å². The van der Waals surface area contributed by atoms with Crippen molar-refractivity contribution in [2.45, 2.75) is 32.0 Å². The molecule has 2 atom stereocenters. The summed E-state index contributed by atoms with van der Waals surface area (Å²) in [6.45, 7) is 1.93. The van der Waals surface area contributed by atoms with Crippen LogP contribution in [0.3, 0.4) is 0 Å². The topological polar surface area (TPSA) is 75.6 Å². The molecule has 2 unspecified atom stereocenters. The first kappa shape index (κ1) is 14.0. The molecule has 1 heterocycles. The highest BCUT2D eigenvalue weighted by molar-refractivity contribution is 9.10. The molecule has 0 radical (unpaired) electrons. The number of benzene rings is 1. The Hall–Kier alpha value is -1.40. The molecular formula is C13H14BrNO4. The van der Waals surface area contributed by atoms with Crippen molar-refractivity contribution in [3.63, 3.8) is 0 Å². The van der Waals surface area contributed by atoms with E-state index in [1.54, 1.807) is 12.1 Å². The van der Waals surface area contributed by atoms with Crippen LogP contribution < -0.4 is 5.32 Å². The van der Waals surface area contributed by atoms with Gasteiger partial charge >= 0.3 is 5.97 Å². The molecule has 1 aliphatic heterocycles. The Balaban J connectivity index is 2.09. The molecule has 0 aromatic heterocycles. The molecular weight excluding hydrogens is 314 g/mol. The van der Waals surface area contributed by atoms with Gasteiger partial charge in [0.2, 0.25) is 0 Å². The number of carboxylic acid groups (broad SMARTS) is 1. The van der Waals surface area contributed by atoms with E-state index < -0.39 is 12.1 Å². The summed E-state index contributed by atoms with van der Waals surface area (Å²) in [5.41, 5.74) is 0.562. The number of ether oxygens (including phenoxy) is 1. The van der Waals surface area contributed by atoms with Crippen molar-refractivity contribution in [2.24, 2.45) is 0 Å². The first-order valence-corrected chi connectivity index (χ1v) is 6.76. The number of anilines is 1. The van der Waals surface area contributed by atoms with Crippen LogP contribution in [0.15, 0.2) is 22.7 Å². The van der Waals surface area contributed by atoms with Crippen LogP contribution in [0.2, 0.25) is 0 Å². The monoisotopic (exact) mass is 327 g/mol. The van der Waals surface area contributed by atoms with Crippen LogP contribution >= 0.6 is 15.9 Å². The molecule has 19 heavy (non-hydrogen) atoms. The van der Waals surface area contributed by atoms with Crippen molar-refractivity contribution in [2.75, 3.05) is 5.32 Å². The summed E-state index contributed by atoms with van der Waals surface area (Å²) in [7, 11) is 0. The number of hydrogen-bond acceptors (Lipinski definition) is 3. The second-order valence-electron chi connectivity index (χ2n) is 4.50. The molecule has 1 fully saturated rings. The average Bonchev–Trinajstić information content (AvgIpc) is 2.78. The Kier molecular flexibility index (Phi) is 4.21. The molecule has 1 aliphatic rings. The summed E-state index contributed by atoms with van der Waals surface area (Å²) in [5.74, 6) is -1.28. The van der Waals surface area contributed by atoms with Gasteiger partial charge in [-0.25, -0.2) is 4.79 Å². The van der Waals surface area contributed by atoms with Gasteiger partial charge in [0, 0.05) is 10.2 Å². The lowest BCUT2D eigenvalue weighted by Gasteiger charge is -2.12. The molecule has 0 spiro atoms. The highest BCUT2D eigenvalue weighted by Crippen LogP contribution is 2.23. The lowest BCUT2D eigenvalue weighted by atomic mass is 10.1. The summed E-state index contributed by atoms with van der Waals surface area (Å²) < 4.78 is 5.93. The van der Waals surface area contributed by atoms with Gasteiger partial charge < -0.3 is 15.2 Å². The van der Waals surface area contributed by atoms with Gasteiger partial charge in [-0.05, 0) is 53.9 Å². The maximum absolute atomic E-state index is 11.9. The number of aromatic carboxylic acids is 1. The molecule has 1 aromatic carbocycles. The van der Waals surface area contributed by atoms with Crippen molar-refractivity contribution >= 4 is 33.5 Å². The molecule has 2 rings (SSSR count). The lowest BCUT2D eigenvalue weighted by Crippen LogP contribution is -2.27. The molecule has 0 aliphatic carbocycles. The molecule has 2 N–H and O–H groups in total. The summed E-state index contributed by atoms with van der Waals surface area (Å²) in [6, 6.07) is 4.66. The van der Waals surface area contributed by atoms with E-state index in [1.165, 1.54) is 6.07 Å². The second-order valence-corrected chi connectivity index (χ2v) is 5.36. The Morgan fingerprint density at radius 3 is 2.74 bits per heavy atom. The lowest BCUT2D eigenvalue weighted by molar-refractivity contribution is -0.126. The van der Waals surface area contributed by atoms with Gasteiger partial charge in [0.1, 0.15) is 6.10 Å². The number of carbonyl (C=O) groups is 2. The zero-order chi connectivity index (χ0) is 14.0. The fourth-order valence-electron chi connectivity index (χ4n) is 1.99. The predicted molar refractivity (Wildman–Crippen MR) is 73.3 cm³/mol. The zero-order valence-corrected chi connectivity index (χ0v) is 11.9. The van der Waals surface area contributed by atoms with Crippen LogP contribution in [-0.2, 0) is 9.53 Å². The summed E-state index contributed by atoms with van der Waals surface area (Å²) >= 11 is 3.15. The third kappa shape index (κ3) is 3.33. The molecule has 6 heteroatoms. The van der Waals surface area contributed by atoms with E-state index in [1.807, 2.05) is 6.92 Å². The van der Waals surface area contributed by atoms with Crippen LogP contribution in [0, 0.1) is 0 Å². The van der Waals surface area contributed by atoms with Crippen LogP contribution in [-0.4, -0.2) is 29.2 Å². The number of carbonyl (C=O) groups excluding carboxylic acids is 1. The standard InChI is InChI=1S/C13H14BrNO4/c1-7-2-5-11(19-7)12(16)15-8-3-4-10(14)9(6-8)13(17)18/h3-4,6-7,11H,2,5H2,1H3,(H,15,16)(H,17,18). The molecule has 1 amide bonds. The van der Waals surface area contributed by atoms with Crippen molar-refractivity contribution in [1.29, 1.82) is 0 Å². The first-order valence-electron chi connectivity index (χ1n) is 5.96. The van der Waals surface area contributed by atoms with E-state index in [4.69, 9.17) is 9.84 Å². The first-order chi connectivity index (χ1) is 8.97. The summed E-state index contributed by atoms with van der Waals surface area (Å²) in [6.07, 6.45) is 1.19. The van der Waals surface area contributed by atoms with E-state index in [0.717, 1.165) is 6.42 Å².